The summed E-state index contributed by atoms with van der Waals surface area (Å²) in [6.45, 7) is 7.01. The number of likely N-dealkylation sites (N-methyl/N-ethyl adjacent to an activating group) is 1. The standard InChI is InChI=1S/C22H25FN8O2/c1-13-8-15-9-18(16(23)10-17(15)26-13)33-21-27-19(30-6-4-29(3)5-7-30)11-20(28-21)31(24)22-25-12-14(2)32-22/h8-12,26H,4-7,24H2,1-3H3. The Morgan fingerprint density at radius 2 is 1.91 bits per heavy atom. The van der Waals surface area contributed by atoms with Crippen LogP contribution in [-0.4, -0.2) is 58.1 Å². The summed E-state index contributed by atoms with van der Waals surface area (Å²) >= 11 is 0. The van der Waals surface area contributed by atoms with Crippen molar-refractivity contribution in [3.63, 3.8) is 0 Å². The van der Waals surface area contributed by atoms with Crippen molar-refractivity contribution in [2.24, 2.45) is 5.84 Å². The SMILES string of the molecule is Cc1cc2cc(Oc3nc(N4CCN(C)CC4)cc(N(N)c4ncc(C)o4)n3)c(F)cc2[nH]1. The number of hydrogen-bond acceptors (Lipinski definition) is 9. The predicted molar refractivity (Wildman–Crippen MR) is 122 cm³/mol. The number of nitrogens with one attached hydrogen (secondary N) is 1. The first kappa shape index (κ1) is 21.2. The highest BCUT2D eigenvalue weighted by Gasteiger charge is 2.22. The molecule has 1 aliphatic heterocycles. The van der Waals surface area contributed by atoms with Crippen molar-refractivity contribution in [1.82, 2.24) is 24.8 Å². The molecule has 0 amide bonds. The van der Waals surface area contributed by atoms with Gasteiger partial charge in [0, 0.05) is 54.9 Å². The van der Waals surface area contributed by atoms with Crippen molar-refractivity contribution in [2.45, 2.75) is 13.8 Å². The maximum atomic E-state index is 14.8. The third kappa shape index (κ3) is 4.32. The maximum absolute atomic E-state index is 14.8. The molecule has 0 radical (unpaired) electrons. The van der Waals surface area contributed by atoms with Gasteiger partial charge in [-0.05, 0) is 33.0 Å². The van der Waals surface area contributed by atoms with Crippen LogP contribution in [0.2, 0.25) is 0 Å². The fourth-order valence-corrected chi connectivity index (χ4v) is 3.77. The summed E-state index contributed by atoms with van der Waals surface area (Å²) in [5.74, 6) is 7.30. The summed E-state index contributed by atoms with van der Waals surface area (Å²) in [5, 5.41) is 2.05. The average Bonchev–Trinajstić information content (AvgIpc) is 3.38. The maximum Gasteiger partial charge on any atom is 0.326 e. The number of aryl methyl sites for hydroxylation is 2. The fourth-order valence-electron chi connectivity index (χ4n) is 3.77. The highest BCUT2D eigenvalue weighted by atomic mass is 19.1. The zero-order valence-corrected chi connectivity index (χ0v) is 18.7. The summed E-state index contributed by atoms with van der Waals surface area (Å²) < 4.78 is 26.1. The predicted octanol–water partition coefficient (Wildman–Crippen LogP) is 3.26. The van der Waals surface area contributed by atoms with Gasteiger partial charge < -0.3 is 23.9 Å². The monoisotopic (exact) mass is 452 g/mol. The highest BCUT2D eigenvalue weighted by molar-refractivity contribution is 5.82. The number of hydrazine groups is 1. The van der Waals surface area contributed by atoms with Gasteiger partial charge in [0.15, 0.2) is 17.4 Å². The summed E-state index contributed by atoms with van der Waals surface area (Å²) in [5.41, 5.74) is 1.62. The van der Waals surface area contributed by atoms with E-state index in [1.807, 2.05) is 13.0 Å². The van der Waals surface area contributed by atoms with E-state index in [1.54, 1.807) is 25.3 Å². The minimum Gasteiger partial charge on any atom is -0.428 e. The molecule has 5 rings (SSSR count). The number of oxazole rings is 1. The molecule has 0 atom stereocenters. The van der Waals surface area contributed by atoms with E-state index < -0.39 is 5.82 Å². The van der Waals surface area contributed by atoms with Gasteiger partial charge in [0.1, 0.15) is 11.6 Å². The van der Waals surface area contributed by atoms with Crippen LogP contribution in [0, 0.1) is 19.7 Å². The zero-order chi connectivity index (χ0) is 23.1. The second-order valence-corrected chi connectivity index (χ2v) is 8.21. The number of halogens is 1. The topological polar surface area (TPSA) is 113 Å². The van der Waals surface area contributed by atoms with E-state index in [1.165, 1.54) is 11.1 Å². The van der Waals surface area contributed by atoms with Gasteiger partial charge in [-0.25, -0.2) is 20.2 Å². The average molecular weight is 452 g/mol. The Morgan fingerprint density at radius 1 is 1.12 bits per heavy atom. The molecule has 11 heteroatoms. The Hall–Kier alpha value is -3.70. The second-order valence-electron chi connectivity index (χ2n) is 8.21. The van der Waals surface area contributed by atoms with Crippen molar-refractivity contribution in [3.05, 3.63) is 47.7 Å². The van der Waals surface area contributed by atoms with Gasteiger partial charge in [0.05, 0.1) is 6.20 Å². The minimum atomic E-state index is -0.521. The van der Waals surface area contributed by atoms with Crippen molar-refractivity contribution in [3.8, 4) is 11.8 Å². The Morgan fingerprint density at radius 3 is 2.64 bits per heavy atom. The number of anilines is 3. The lowest BCUT2D eigenvalue weighted by Crippen LogP contribution is -2.45. The first-order chi connectivity index (χ1) is 15.9. The molecule has 10 nitrogen and oxygen atoms in total. The van der Waals surface area contributed by atoms with E-state index >= 15 is 0 Å². The molecule has 0 aliphatic carbocycles. The fraction of sp³-hybridized carbons (Fsp3) is 0.318. The van der Waals surface area contributed by atoms with Gasteiger partial charge in [0.2, 0.25) is 0 Å². The number of ether oxygens (including phenoxy) is 1. The quantitative estimate of drug-likeness (QED) is 0.348. The third-order valence-electron chi connectivity index (χ3n) is 5.58. The number of aromatic nitrogens is 4. The van der Waals surface area contributed by atoms with Crippen LogP contribution in [0.5, 0.6) is 11.8 Å². The molecule has 33 heavy (non-hydrogen) atoms. The summed E-state index contributed by atoms with van der Waals surface area (Å²) in [6, 6.07) is 6.83. The number of nitrogens with two attached hydrogens (primary N) is 1. The Kier molecular flexibility index (Phi) is 5.35. The molecule has 3 N–H and O–H groups in total. The molecular formula is C22H25FN8O2. The molecule has 0 unspecified atom stereocenters. The zero-order valence-electron chi connectivity index (χ0n) is 18.7. The van der Waals surface area contributed by atoms with E-state index in [0.29, 0.717) is 22.9 Å². The molecule has 0 saturated carbocycles. The first-order valence-electron chi connectivity index (χ1n) is 10.6. The van der Waals surface area contributed by atoms with Crippen LogP contribution in [0.25, 0.3) is 10.9 Å². The van der Waals surface area contributed by atoms with Gasteiger partial charge in [0.25, 0.3) is 0 Å². The largest absolute Gasteiger partial charge is 0.428 e. The van der Waals surface area contributed by atoms with Crippen LogP contribution < -0.4 is 20.5 Å². The molecule has 0 bridgehead atoms. The van der Waals surface area contributed by atoms with E-state index in [4.69, 9.17) is 15.0 Å². The summed E-state index contributed by atoms with van der Waals surface area (Å²) in [4.78, 5) is 20.6. The number of hydrogen-bond donors (Lipinski definition) is 2. The Labute approximate surface area is 189 Å². The molecule has 4 aromatic rings. The lowest BCUT2D eigenvalue weighted by molar-refractivity contribution is 0.311. The van der Waals surface area contributed by atoms with E-state index in [9.17, 15) is 4.39 Å². The third-order valence-corrected chi connectivity index (χ3v) is 5.58. The van der Waals surface area contributed by atoms with Crippen LogP contribution >= 0.6 is 0 Å². The lowest BCUT2D eigenvalue weighted by Gasteiger charge is -2.33. The van der Waals surface area contributed by atoms with Gasteiger partial charge in [-0.15, -0.1) is 0 Å². The van der Waals surface area contributed by atoms with Crippen molar-refractivity contribution in [2.75, 3.05) is 43.1 Å². The number of H-pyrrole nitrogens is 1. The Bertz CT molecular complexity index is 1300. The molecule has 1 fully saturated rings. The molecule has 172 valence electrons. The van der Waals surface area contributed by atoms with Crippen LogP contribution in [0.15, 0.2) is 34.9 Å². The summed E-state index contributed by atoms with van der Waals surface area (Å²) in [6.07, 6.45) is 1.57. The number of rotatable bonds is 5. The number of aromatic amines is 1. The van der Waals surface area contributed by atoms with Crippen LogP contribution in [0.3, 0.4) is 0 Å². The van der Waals surface area contributed by atoms with Crippen LogP contribution in [-0.2, 0) is 0 Å². The van der Waals surface area contributed by atoms with Crippen molar-refractivity contribution in [1.29, 1.82) is 0 Å². The molecular weight excluding hydrogens is 427 g/mol. The van der Waals surface area contributed by atoms with Crippen LogP contribution in [0.1, 0.15) is 11.5 Å². The van der Waals surface area contributed by atoms with E-state index in [0.717, 1.165) is 37.3 Å². The van der Waals surface area contributed by atoms with Crippen LogP contribution in [0.4, 0.5) is 22.0 Å². The first-order valence-corrected chi connectivity index (χ1v) is 10.6. The van der Waals surface area contributed by atoms with Gasteiger partial charge in [-0.3, -0.25) is 0 Å². The molecule has 0 spiro atoms. The number of piperazine rings is 1. The number of nitrogens with zero attached hydrogens (tertiary/aromatic N) is 6. The summed E-state index contributed by atoms with van der Waals surface area (Å²) in [7, 11) is 2.07. The van der Waals surface area contributed by atoms with Gasteiger partial charge in [-0.1, -0.05) is 0 Å². The number of benzene rings is 1. The molecule has 1 aliphatic rings. The van der Waals surface area contributed by atoms with E-state index in [2.05, 4.69) is 36.8 Å². The normalized spacial score (nSPS) is 14.8. The number of fused-ring (bicyclic) bond motifs is 1. The second kappa shape index (κ2) is 8.34. The Balaban J connectivity index is 1.52. The van der Waals surface area contributed by atoms with Gasteiger partial charge in [-0.2, -0.15) is 9.97 Å². The minimum absolute atomic E-state index is 0.0225. The van der Waals surface area contributed by atoms with E-state index in [-0.39, 0.29) is 17.8 Å². The lowest BCUT2D eigenvalue weighted by atomic mass is 10.2. The molecule has 4 heterocycles. The smallest absolute Gasteiger partial charge is 0.326 e. The van der Waals surface area contributed by atoms with Gasteiger partial charge >= 0.3 is 12.0 Å². The molecule has 1 aromatic carbocycles. The van der Waals surface area contributed by atoms with Crippen molar-refractivity contribution < 1.29 is 13.5 Å². The highest BCUT2D eigenvalue weighted by Crippen LogP contribution is 2.31. The molecule has 3 aromatic heterocycles. The van der Waals surface area contributed by atoms with Crippen molar-refractivity contribution >= 4 is 28.6 Å². The molecule has 1 saturated heterocycles.